The Hall–Kier alpha value is -2.45. The number of alkyl halides is 3. The van der Waals surface area contributed by atoms with E-state index in [9.17, 15) is 18.2 Å². The van der Waals surface area contributed by atoms with Gasteiger partial charge >= 0.3 is 13.2 Å². The molecule has 3 aromatic rings. The third kappa shape index (κ3) is 4.00. The fourth-order valence-electron chi connectivity index (χ4n) is 4.05. The minimum Gasteiger partial charge on any atom is -0.437 e. The number of anilines is 1. The largest absolute Gasteiger partial charge is 0.437 e. The molecule has 1 aromatic heterocycles. The molecule has 152 valence electrons. The van der Waals surface area contributed by atoms with E-state index in [1.54, 1.807) is 12.9 Å². The molecule has 29 heavy (non-hydrogen) atoms. The maximum absolute atomic E-state index is 13.8. The molecule has 0 radical (unpaired) electrons. The first-order chi connectivity index (χ1) is 13.8. The van der Waals surface area contributed by atoms with Crippen molar-refractivity contribution < 1.29 is 18.2 Å². The molecule has 0 spiro atoms. The van der Waals surface area contributed by atoms with Crippen LogP contribution in [-0.4, -0.2) is 47.6 Å². The molecule has 1 aliphatic heterocycles. The Morgan fingerprint density at radius 1 is 0.966 bits per heavy atom. The minimum absolute atomic E-state index is 0.165. The second-order valence-corrected chi connectivity index (χ2v) is 7.46. The topological polar surface area (TPSA) is 31.6 Å². The predicted octanol–water partition coefficient (Wildman–Crippen LogP) is 3.94. The Morgan fingerprint density at radius 3 is 2.28 bits per heavy atom. The number of aromatic nitrogens is 1. The number of halogens is 3. The van der Waals surface area contributed by atoms with E-state index in [0.29, 0.717) is 37.1 Å². The Morgan fingerprint density at radius 2 is 1.66 bits per heavy atom. The van der Waals surface area contributed by atoms with Crippen molar-refractivity contribution in [3.05, 3.63) is 65.9 Å². The summed E-state index contributed by atoms with van der Waals surface area (Å²) in [6, 6.07) is 15.9. The summed E-state index contributed by atoms with van der Waals surface area (Å²) >= 11 is 0. The molecule has 8 heteroatoms. The van der Waals surface area contributed by atoms with Gasteiger partial charge in [-0.05, 0) is 30.6 Å². The Bertz CT molecular complexity index is 980. The van der Waals surface area contributed by atoms with Crippen LogP contribution in [0.25, 0.3) is 10.9 Å². The number of hydrogen-bond donors (Lipinski definition) is 1. The second kappa shape index (κ2) is 7.76. The van der Waals surface area contributed by atoms with Crippen molar-refractivity contribution >= 4 is 23.6 Å². The predicted molar refractivity (Wildman–Crippen MR) is 110 cm³/mol. The lowest BCUT2D eigenvalue weighted by Crippen LogP contribution is -2.51. The van der Waals surface area contributed by atoms with Gasteiger partial charge in [-0.2, -0.15) is 13.2 Å². The van der Waals surface area contributed by atoms with E-state index in [4.69, 9.17) is 0 Å². The SMILES string of the molecule is CB(O)N1CCN(c2cccc3c2cc(C(F)(F)F)n3Cc2ccccc2)CC1. The summed E-state index contributed by atoms with van der Waals surface area (Å²) in [5, 5.41) is 10.4. The zero-order valence-corrected chi connectivity index (χ0v) is 16.2. The Labute approximate surface area is 168 Å². The third-order valence-corrected chi connectivity index (χ3v) is 5.58. The normalized spacial score (nSPS) is 15.8. The molecule has 1 fully saturated rings. The average molecular weight is 401 g/mol. The van der Waals surface area contributed by atoms with Crippen molar-refractivity contribution in [1.82, 2.24) is 9.38 Å². The first kappa shape index (κ1) is 19.9. The van der Waals surface area contributed by atoms with E-state index in [2.05, 4.69) is 4.90 Å². The van der Waals surface area contributed by atoms with Gasteiger partial charge in [-0.25, -0.2) is 0 Å². The lowest BCUT2D eigenvalue weighted by Gasteiger charge is -2.37. The molecule has 2 heterocycles. The van der Waals surface area contributed by atoms with Gasteiger partial charge in [0.15, 0.2) is 0 Å². The first-order valence-electron chi connectivity index (χ1n) is 9.75. The molecular formula is C21H23BF3N3O. The van der Waals surface area contributed by atoms with Crippen LogP contribution < -0.4 is 4.90 Å². The summed E-state index contributed by atoms with van der Waals surface area (Å²) in [7, 11) is -0.517. The standard InChI is InChI=1S/C21H23BF3N3O/c1-22(29)27-12-10-26(11-13-27)18-8-5-9-19-17(18)14-20(21(23,24)25)28(19)15-16-6-3-2-4-7-16/h2-9,14,29H,10-13,15H2,1H3. The number of nitrogens with zero attached hydrogens (tertiary/aromatic N) is 3. The maximum Gasteiger partial charge on any atom is 0.431 e. The van der Waals surface area contributed by atoms with Gasteiger partial charge in [0.25, 0.3) is 0 Å². The van der Waals surface area contributed by atoms with Crippen molar-refractivity contribution in [2.45, 2.75) is 19.5 Å². The number of benzene rings is 2. The van der Waals surface area contributed by atoms with Gasteiger partial charge in [0, 0.05) is 43.8 Å². The van der Waals surface area contributed by atoms with Crippen molar-refractivity contribution in [2.75, 3.05) is 31.1 Å². The van der Waals surface area contributed by atoms with Crippen LogP contribution in [0.3, 0.4) is 0 Å². The molecule has 0 aliphatic carbocycles. The number of rotatable bonds is 4. The van der Waals surface area contributed by atoms with Gasteiger partial charge in [0.1, 0.15) is 5.69 Å². The van der Waals surface area contributed by atoms with Gasteiger partial charge in [-0.1, -0.05) is 36.4 Å². The van der Waals surface area contributed by atoms with E-state index in [-0.39, 0.29) is 6.54 Å². The first-order valence-corrected chi connectivity index (χ1v) is 9.75. The molecule has 0 amide bonds. The number of fused-ring (bicyclic) bond motifs is 1. The van der Waals surface area contributed by atoms with Crippen LogP contribution in [0.15, 0.2) is 54.6 Å². The minimum atomic E-state index is -4.43. The van der Waals surface area contributed by atoms with Gasteiger partial charge in [0.2, 0.25) is 0 Å². The molecule has 0 saturated carbocycles. The van der Waals surface area contributed by atoms with Crippen LogP contribution in [0.5, 0.6) is 0 Å². The zero-order valence-electron chi connectivity index (χ0n) is 16.2. The molecule has 2 aromatic carbocycles. The summed E-state index contributed by atoms with van der Waals surface area (Å²) in [6.45, 7) is 4.56. The third-order valence-electron chi connectivity index (χ3n) is 5.58. The van der Waals surface area contributed by atoms with Gasteiger partial charge in [-0.15, -0.1) is 0 Å². The zero-order chi connectivity index (χ0) is 20.6. The summed E-state index contributed by atoms with van der Waals surface area (Å²) < 4.78 is 42.9. The van der Waals surface area contributed by atoms with Gasteiger partial charge < -0.3 is 19.3 Å². The van der Waals surface area contributed by atoms with E-state index >= 15 is 0 Å². The van der Waals surface area contributed by atoms with Crippen molar-refractivity contribution in [2.24, 2.45) is 0 Å². The van der Waals surface area contributed by atoms with Crippen LogP contribution in [-0.2, 0) is 12.7 Å². The molecule has 1 saturated heterocycles. The summed E-state index contributed by atoms with van der Waals surface area (Å²) in [5.74, 6) is 0. The lowest BCUT2D eigenvalue weighted by atomic mass is 9.84. The van der Waals surface area contributed by atoms with E-state index in [1.165, 1.54) is 10.6 Å². The molecule has 0 bridgehead atoms. The maximum atomic E-state index is 13.8. The van der Waals surface area contributed by atoms with Crippen LogP contribution in [0, 0.1) is 0 Å². The highest BCUT2D eigenvalue weighted by atomic mass is 19.4. The number of hydrogen-bond acceptors (Lipinski definition) is 3. The summed E-state index contributed by atoms with van der Waals surface area (Å²) in [4.78, 5) is 4.06. The average Bonchev–Trinajstić information content (AvgIpc) is 3.08. The van der Waals surface area contributed by atoms with Gasteiger partial charge in [-0.3, -0.25) is 0 Å². The summed E-state index contributed by atoms with van der Waals surface area (Å²) in [5.41, 5.74) is 1.58. The molecular weight excluding hydrogens is 378 g/mol. The number of piperazine rings is 1. The molecule has 1 N–H and O–H groups in total. The van der Waals surface area contributed by atoms with E-state index in [0.717, 1.165) is 11.3 Å². The molecule has 4 rings (SSSR count). The Kier molecular flexibility index (Phi) is 5.31. The quantitative estimate of drug-likeness (QED) is 0.673. The van der Waals surface area contributed by atoms with Crippen molar-refractivity contribution in [1.29, 1.82) is 0 Å². The van der Waals surface area contributed by atoms with E-state index in [1.807, 2.05) is 47.3 Å². The highest BCUT2D eigenvalue weighted by Crippen LogP contribution is 2.38. The fourth-order valence-corrected chi connectivity index (χ4v) is 4.05. The van der Waals surface area contributed by atoms with Crippen molar-refractivity contribution in [3.8, 4) is 0 Å². The lowest BCUT2D eigenvalue weighted by molar-refractivity contribution is -0.143. The molecule has 1 aliphatic rings. The molecule has 0 unspecified atom stereocenters. The molecule has 0 atom stereocenters. The van der Waals surface area contributed by atoms with Crippen LogP contribution in [0.2, 0.25) is 6.82 Å². The Balaban J connectivity index is 1.75. The van der Waals surface area contributed by atoms with Gasteiger partial charge in [0.05, 0.1) is 5.52 Å². The highest BCUT2D eigenvalue weighted by Gasteiger charge is 2.36. The monoisotopic (exact) mass is 401 g/mol. The van der Waals surface area contributed by atoms with Crippen LogP contribution in [0.1, 0.15) is 11.3 Å². The fraction of sp³-hybridized carbons (Fsp3) is 0.333. The van der Waals surface area contributed by atoms with Crippen LogP contribution in [0.4, 0.5) is 18.9 Å². The molecule has 4 nitrogen and oxygen atoms in total. The van der Waals surface area contributed by atoms with E-state index < -0.39 is 18.9 Å². The summed E-state index contributed by atoms with van der Waals surface area (Å²) in [6.07, 6.45) is -4.43. The van der Waals surface area contributed by atoms with Crippen LogP contribution >= 0.6 is 0 Å². The van der Waals surface area contributed by atoms with Crippen molar-refractivity contribution in [3.63, 3.8) is 0 Å². The smallest absolute Gasteiger partial charge is 0.431 e. The highest BCUT2D eigenvalue weighted by molar-refractivity contribution is 6.45. The second-order valence-electron chi connectivity index (χ2n) is 7.46.